The molecule has 0 amide bonds. The Kier molecular flexibility index (Phi) is 4.50. The lowest BCUT2D eigenvalue weighted by atomic mass is 9.90. The van der Waals surface area contributed by atoms with Crippen LogP contribution in [0.4, 0.5) is 0 Å². The maximum Gasteiger partial charge on any atom is 0.351 e. The van der Waals surface area contributed by atoms with Crippen LogP contribution >= 0.6 is 0 Å². The van der Waals surface area contributed by atoms with E-state index in [-0.39, 0.29) is 19.4 Å². The number of aliphatic carboxylic acids is 1. The van der Waals surface area contributed by atoms with E-state index in [1.807, 2.05) is 72.8 Å². The number of benzene rings is 3. The van der Waals surface area contributed by atoms with Gasteiger partial charge in [-0.1, -0.05) is 65.8 Å². The molecule has 0 fully saturated rings. The fourth-order valence-corrected chi connectivity index (χ4v) is 3.26. The van der Waals surface area contributed by atoms with Gasteiger partial charge in [0.15, 0.2) is 0 Å². The van der Waals surface area contributed by atoms with E-state index >= 15 is 0 Å². The van der Waals surface area contributed by atoms with Gasteiger partial charge < -0.3 is 14.7 Å². The van der Waals surface area contributed by atoms with Crippen molar-refractivity contribution in [2.24, 2.45) is 5.16 Å². The number of hydrogen-bond donors (Lipinski definition) is 1. The van der Waals surface area contributed by atoms with Gasteiger partial charge in [-0.3, -0.25) is 0 Å². The fraction of sp³-hybridized carbons (Fsp3) is 0.182. The maximum atomic E-state index is 11.9. The molecule has 0 aromatic heterocycles. The highest BCUT2D eigenvalue weighted by atomic mass is 16.7. The first-order valence-corrected chi connectivity index (χ1v) is 8.77. The summed E-state index contributed by atoms with van der Waals surface area (Å²) in [4.78, 5) is 17.2. The third kappa shape index (κ3) is 3.62. The molecule has 1 aliphatic rings. The van der Waals surface area contributed by atoms with Gasteiger partial charge >= 0.3 is 5.97 Å². The molecule has 1 unspecified atom stereocenters. The smallest absolute Gasteiger partial charge is 0.351 e. The summed E-state index contributed by atoms with van der Waals surface area (Å²) in [7, 11) is 0. The van der Waals surface area contributed by atoms with Crippen molar-refractivity contribution in [1.29, 1.82) is 0 Å². The maximum absolute atomic E-state index is 11.9. The van der Waals surface area contributed by atoms with Crippen LogP contribution in [0.1, 0.15) is 12.0 Å². The second-order valence-corrected chi connectivity index (χ2v) is 6.69. The van der Waals surface area contributed by atoms with Crippen LogP contribution in [-0.2, 0) is 16.1 Å². The average Bonchev–Trinajstić information content (AvgIpc) is 3.11. The van der Waals surface area contributed by atoms with Gasteiger partial charge in [0, 0.05) is 12.8 Å². The van der Waals surface area contributed by atoms with Gasteiger partial charge in [-0.25, -0.2) is 4.79 Å². The third-order valence-corrected chi connectivity index (χ3v) is 4.69. The summed E-state index contributed by atoms with van der Waals surface area (Å²) < 4.78 is 5.82. The number of hydrogen-bond acceptors (Lipinski definition) is 4. The van der Waals surface area contributed by atoms with Gasteiger partial charge in [0.05, 0.1) is 5.71 Å². The molecule has 0 aliphatic carbocycles. The van der Waals surface area contributed by atoms with E-state index in [0.29, 0.717) is 11.5 Å². The summed E-state index contributed by atoms with van der Waals surface area (Å²) in [6.45, 7) is 0.197. The van der Waals surface area contributed by atoms with E-state index in [4.69, 9.17) is 9.57 Å². The Bertz CT molecular complexity index is 999. The molecule has 3 aromatic carbocycles. The van der Waals surface area contributed by atoms with E-state index in [2.05, 4.69) is 5.16 Å². The number of carbonyl (C=O) groups is 1. The summed E-state index contributed by atoms with van der Waals surface area (Å²) >= 11 is 0. The molecule has 5 heteroatoms. The predicted molar refractivity (Wildman–Crippen MR) is 103 cm³/mol. The lowest BCUT2D eigenvalue weighted by Gasteiger charge is -2.21. The molecule has 0 spiro atoms. The highest BCUT2D eigenvalue weighted by molar-refractivity contribution is 5.94. The summed E-state index contributed by atoms with van der Waals surface area (Å²) in [5.41, 5.74) is 0.108. The molecule has 4 rings (SSSR count). The van der Waals surface area contributed by atoms with Crippen molar-refractivity contribution in [1.82, 2.24) is 0 Å². The normalized spacial score (nSPS) is 18.7. The zero-order valence-electron chi connectivity index (χ0n) is 14.7. The molecule has 5 nitrogen and oxygen atoms in total. The van der Waals surface area contributed by atoms with Crippen molar-refractivity contribution in [3.63, 3.8) is 0 Å². The first kappa shape index (κ1) is 17.1. The van der Waals surface area contributed by atoms with Crippen LogP contribution < -0.4 is 4.74 Å². The highest BCUT2D eigenvalue weighted by Gasteiger charge is 2.47. The van der Waals surface area contributed by atoms with Crippen LogP contribution in [-0.4, -0.2) is 29.0 Å². The summed E-state index contributed by atoms with van der Waals surface area (Å²) in [5.74, 6) is -0.303. The molecular weight excluding hydrogens is 342 g/mol. The second-order valence-electron chi connectivity index (χ2n) is 6.69. The van der Waals surface area contributed by atoms with Crippen molar-refractivity contribution in [2.75, 3.05) is 6.61 Å². The fourth-order valence-electron chi connectivity index (χ4n) is 3.26. The van der Waals surface area contributed by atoms with Gasteiger partial charge in [0.1, 0.15) is 12.4 Å². The quantitative estimate of drug-likeness (QED) is 0.719. The molecule has 27 heavy (non-hydrogen) atoms. The molecule has 1 atom stereocenters. The number of oxime groups is 1. The van der Waals surface area contributed by atoms with Gasteiger partial charge in [-0.2, -0.15) is 0 Å². The van der Waals surface area contributed by atoms with Crippen LogP contribution in [0.25, 0.3) is 10.8 Å². The monoisotopic (exact) mass is 361 g/mol. The first-order valence-electron chi connectivity index (χ1n) is 8.77. The Morgan fingerprint density at radius 1 is 1.04 bits per heavy atom. The zero-order valence-corrected chi connectivity index (χ0v) is 14.7. The number of nitrogens with zero attached hydrogens (tertiary/aromatic N) is 1. The van der Waals surface area contributed by atoms with Crippen molar-refractivity contribution in [2.45, 2.75) is 18.4 Å². The lowest BCUT2D eigenvalue weighted by molar-refractivity contribution is -0.162. The molecule has 1 aliphatic heterocycles. The van der Waals surface area contributed by atoms with Crippen molar-refractivity contribution in [3.8, 4) is 5.75 Å². The molecule has 0 saturated heterocycles. The largest absolute Gasteiger partial charge is 0.487 e. The Balaban J connectivity index is 1.43. The van der Waals surface area contributed by atoms with Crippen LogP contribution in [0.5, 0.6) is 5.75 Å². The standard InChI is InChI=1S/C22H19NO4/c24-21(25)22(13-16-6-2-1-3-7-16)14-19(23-27-22)15-26-20-11-10-17-8-4-5-9-18(17)12-20/h1-12H,13-15H2,(H,24,25). The lowest BCUT2D eigenvalue weighted by Crippen LogP contribution is -2.41. The number of carboxylic acids is 1. The van der Waals surface area contributed by atoms with Crippen molar-refractivity contribution < 1.29 is 19.5 Å². The molecule has 0 bridgehead atoms. The topological polar surface area (TPSA) is 68.1 Å². The minimum atomic E-state index is -1.37. The number of ether oxygens (including phenoxy) is 1. The highest BCUT2D eigenvalue weighted by Crippen LogP contribution is 2.29. The van der Waals surface area contributed by atoms with E-state index in [9.17, 15) is 9.90 Å². The zero-order chi connectivity index (χ0) is 18.7. The van der Waals surface area contributed by atoms with Crippen molar-refractivity contribution >= 4 is 22.5 Å². The van der Waals surface area contributed by atoms with Crippen LogP contribution in [0.15, 0.2) is 78.0 Å². The van der Waals surface area contributed by atoms with E-state index in [0.717, 1.165) is 16.3 Å². The van der Waals surface area contributed by atoms with Crippen LogP contribution in [0, 0.1) is 0 Å². The Labute approximate surface area is 156 Å². The molecule has 3 aromatic rings. The van der Waals surface area contributed by atoms with Gasteiger partial charge in [0.2, 0.25) is 5.60 Å². The third-order valence-electron chi connectivity index (χ3n) is 4.69. The summed E-state index contributed by atoms with van der Waals surface area (Å²) in [6, 6.07) is 23.3. The van der Waals surface area contributed by atoms with Gasteiger partial charge in [0.25, 0.3) is 0 Å². The molecule has 1 heterocycles. The Hall–Kier alpha value is -3.34. The first-order chi connectivity index (χ1) is 13.1. The number of fused-ring (bicyclic) bond motifs is 1. The Morgan fingerprint density at radius 2 is 1.78 bits per heavy atom. The van der Waals surface area contributed by atoms with E-state index in [1.54, 1.807) is 0 Å². The molecule has 0 saturated carbocycles. The summed E-state index contributed by atoms with van der Waals surface area (Å²) in [5, 5.41) is 15.9. The summed E-state index contributed by atoms with van der Waals surface area (Å²) in [6.07, 6.45) is 0.455. The van der Waals surface area contributed by atoms with Crippen molar-refractivity contribution in [3.05, 3.63) is 78.4 Å². The minimum absolute atomic E-state index is 0.197. The minimum Gasteiger partial charge on any atom is -0.487 e. The average molecular weight is 361 g/mol. The Morgan fingerprint density at radius 3 is 2.56 bits per heavy atom. The number of rotatable bonds is 6. The van der Waals surface area contributed by atoms with E-state index < -0.39 is 11.6 Å². The molecular formula is C22H19NO4. The predicted octanol–water partition coefficient (Wildman–Crippen LogP) is 4.06. The molecule has 0 radical (unpaired) electrons. The molecule has 136 valence electrons. The van der Waals surface area contributed by atoms with Gasteiger partial charge in [-0.15, -0.1) is 0 Å². The second kappa shape index (κ2) is 7.11. The van der Waals surface area contributed by atoms with Gasteiger partial charge in [-0.05, 0) is 28.5 Å². The molecule has 1 N–H and O–H groups in total. The van der Waals surface area contributed by atoms with E-state index in [1.165, 1.54) is 0 Å². The van der Waals surface area contributed by atoms with Crippen LogP contribution in [0.3, 0.4) is 0 Å². The SMILES string of the molecule is O=C(O)C1(Cc2ccccc2)CC(COc2ccc3ccccc3c2)=NO1. The number of carboxylic acid groups (broad SMARTS) is 1. The van der Waals surface area contributed by atoms with Crippen LogP contribution in [0.2, 0.25) is 0 Å².